The van der Waals surface area contributed by atoms with Gasteiger partial charge in [0.15, 0.2) is 0 Å². The van der Waals surface area contributed by atoms with Gasteiger partial charge >= 0.3 is 0 Å². The summed E-state index contributed by atoms with van der Waals surface area (Å²) in [5, 5.41) is 5.74. The maximum absolute atomic E-state index is 12.3. The third kappa shape index (κ3) is 3.24. The Morgan fingerprint density at radius 2 is 0.957 bits per heavy atom. The minimum absolute atomic E-state index is 1.01. The molecule has 3 aromatic rings. The van der Waals surface area contributed by atoms with Crippen LogP contribution in [-0.4, -0.2) is 15.6 Å². The van der Waals surface area contributed by atoms with Crippen LogP contribution in [0.5, 0.6) is 0 Å². The normalized spacial score (nSPS) is 12.6. The van der Waals surface area contributed by atoms with Crippen molar-refractivity contribution >= 4 is 38.7 Å². The van der Waals surface area contributed by atoms with Gasteiger partial charge < -0.3 is 0 Å². The molecule has 0 saturated heterocycles. The molecule has 0 aromatic heterocycles. The van der Waals surface area contributed by atoms with E-state index in [0.29, 0.717) is 0 Å². The van der Waals surface area contributed by atoms with Crippen LogP contribution in [-0.2, 0) is 10.8 Å². The predicted molar refractivity (Wildman–Crippen MR) is 105 cm³/mol. The van der Waals surface area contributed by atoms with Crippen LogP contribution in [0.15, 0.2) is 91.0 Å². The SMILES string of the molecule is CS(=O)C=P(c1ccccc1)(c1ccccc1)c1ccccc1. The second-order valence-electron chi connectivity index (χ2n) is 5.33. The Bertz CT molecular complexity index is 739. The van der Waals surface area contributed by atoms with Crippen LogP contribution in [0.4, 0.5) is 0 Å². The zero-order valence-corrected chi connectivity index (χ0v) is 14.7. The molecular formula is C20H19OPS. The van der Waals surface area contributed by atoms with Crippen molar-refractivity contribution < 1.29 is 4.21 Å². The summed E-state index contributed by atoms with van der Waals surface area (Å²) in [5.74, 6) is 0. The van der Waals surface area contributed by atoms with Crippen LogP contribution < -0.4 is 15.9 Å². The van der Waals surface area contributed by atoms with E-state index in [1.54, 1.807) is 6.26 Å². The molecule has 0 aliphatic heterocycles. The van der Waals surface area contributed by atoms with Gasteiger partial charge in [0.05, 0.1) is 0 Å². The summed E-state index contributed by atoms with van der Waals surface area (Å²) >= 11 is 0. The summed E-state index contributed by atoms with van der Waals surface area (Å²) in [7, 11) is -1.01. The van der Waals surface area contributed by atoms with Crippen LogP contribution in [0, 0.1) is 0 Å². The number of hydrogen-bond donors (Lipinski definition) is 0. The Balaban J connectivity index is 2.43. The van der Waals surface area contributed by atoms with E-state index in [1.807, 2.05) is 23.3 Å². The highest BCUT2D eigenvalue weighted by Gasteiger charge is 2.25. The van der Waals surface area contributed by atoms with Crippen molar-refractivity contribution in [2.45, 2.75) is 0 Å². The smallest absolute Gasteiger partial charge is 0.0435 e. The van der Waals surface area contributed by atoms with Crippen molar-refractivity contribution in [2.24, 2.45) is 0 Å². The third-order valence-corrected chi connectivity index (χ3v) is 9.59. The lowest BCUT2D eigenvalue weighted by Gasteiger charge is -2.28. The van der Waals surface area contributed by atoms with E-state index in [4.69, 9.17) is 0 Å². The first-order valence-corrected chi connectivity index (χ1v) is 11.0. The largest absolute Gasteiger partial charge is 0.255 e. The summed E-state index contributed by atoms with van der Waals surface area (Å²) in [5.41, 5.74) is 0. The molecule has 1 unspecified atom stereocenters. The molecule has 3 aromatic carbocycles. The van der Waals surface area contributed by atoms with E-state index in [2.05, 4.69) is 72.8 Å². The van der Waals surface area contributed by atoms with Crippen molar-refractivity contribution in [3.63, 3.8) is 0 Å². The van der Waals surface area contributed by atoms with E-state index < -0.39 is 17.7 Å². The number of benzene rings is 3. The highest BCUT2D eigenvalue weighted by molar-refractivity contribution is 8.14. The van der Waals surface area contributed by atoms with Gasteiger partial charge in [-0.25, -0.2) is 0 Å². The molecule has 0 fully saturated rings. The van der Waals surface area contributed by atoms with Crippen LogP contribution in [0.25, 0.3) is 0 Å². The molecule has 0 aliphatic carbocycles. The highest BCUT2D eigenvalue weighted by atomic mass is 32.2. The molecule has 0 radical (unpaired) electrons. The van der Waals surface area contributed by atoms with E-state index in [0.717, 1.165) is 0 Å². The molecule has 116 valence electrons. The summed E-state index contributed by atoms with van der Waals surface area (Å²) < 4.78 is 12.3. The van der Waals surface area contributed by atoms with Crippen molar-refractivity contribution in [2.75, 3.05) is 6.26 Å². The van der Waals surface area contributed by atoms with Crippen molar-refractivity contribution in [3.8, 4) is 0 Å². The fraction of sp³-hybridized carbons (Fsp3) is 0.0500. The van der Waals surface area contributed by atoms with Crippen LogP contribution in [0.1, 0.15) is 0 Å². The van der Waals surface area contributed by atoms with Gasteiger partial charge in [-0.1, -0.05) is 91.0 Å². The Morgan fingerprint density at radius 1 is 0.652 bits per heavy atom. The Labute approximate surface area is 140 Å². The zero-order chi connectivity index (χ0) is 16.1. The third-order valence-electron chi connectivity index (χ3n) is 3.80. The second-order valence-corrected chi connectivity index (χ2v) is 10.2. The summed E-state index contributed by atoms with van der Waals surface area (Å²) in [6.07, 6.45) is 1.75. The molecule has 3 heteroatoms. The van der Waals surface area contributed by atoms with Gasteiger partial charge in [-0.15, -0.1) is 0 Å². The van der Waals surface area contributed by atoms with E-state index in [-0.39, 0.29) is 0 Å². The molecule has 0 saturated carbocycles. The van der Waals surface area contributed by atoms with Crippen molar-refractivity contribution in [3.05, 3.63) is 91.0 Å². The maximum atomic E-state index is 12.3. The minimum Gasteiger partial charge on any atom is -0.255 e. The first kappa shape index (κ1) is 16.0. The van der Waals surface area contributed by atoms with Gasteiger partial charge in [0.2, 0.25) is 0 Å². The minimum atomic E-state index is -2.03. The molecular weight excluding hydrogens is 319 g/mol. The van der Waals surface area contributed by atoms with Gasteiger partial charge in [-0.2, -0.15) is 0 Å². The summed E-state index contributed by atoms with van der Waals surface area (Å²) in [4.78, 5) is 0. The summed E-state index contributed by atoms with van der Waals surface area (Å²) in [6, 6.07) is 31.3. The average Bonchev–Trinajstić information content (AvgIpc) is 2.62. The fourth-order valence-corrected chi connectivity index (χ4v) is 8.91. The van der Waals surface area contributed by atoms with Crippen molar-refractivity contribution in [1.29, 1.82) is 0 Å². The maximum Gasteiger partial charge on any atom is 0.0435 e. The monoisotopic (exact) mass is 338 g/mol. The molecule has 0 aliphatic rings. The Hall–Kier alpha value is -1.89. The Morgan fingerprint density at radius 3 is 1.22 bits per heavy atom. The lowest BCUT2D eigenvalue weighted by Crippen LogP contribution is -2.27. The lowest BCUT2D eigenvalue weighted by atomic mass is 10.4. The topological polar surface area (TPSA) is 17.1 Å². The van der Waals surface area contributed by atoms with Gasteiger partial charge in [-0.05, 0) is 22.8 Å². The highest BCUT2D eigenvalue weighted by Crippen LogP contribution is 2.43. The van der Waals surface area contributed by atoms with E-state index in [9.17, 15) is 4.21 Å². The lowest BCUT2D eigenvalue weighted by molar-refractivity contribution is 0.694. The zero-order valence-electron chi connectivity index (χ0n) is 13.0. The Kier molecular flexibility index (Phi) is 4.95. The fourth-order valence-electron chi connectivity index (χ4n) is 2.84. The van der Waals surface area contributed by atoms with E-state index >= 15 is 0 Å². The standard InChI is InChI=1S/C20H19OPS/c1-23(21)17-22(18-11-5-2-6-12-18,19-13-7-3-8-14-19)20-15-9-4-10-16-20/h2-17H,1H3. The molecule has 0 amide bonds. The first-order chi connectivity index (χ1) is 11.2. The van der Waals surface area contributed by atoms with Gasteiger partial charge in [-0.3, -0.25) is 4.21 Å². The molecule has 0 spiro atoms. The molecule has 0 N–H and O–H groups in total. The van der Waals surface area contributed by atoms with Crippen LogP contribution >= 0.6 is 6.89 Å². The van der Waals surface area contributed by atoms with Crippen LogP contribution in [0.2, 0.25) is 0 Å². The first-order valence-electron chi connectivity index (χ1n) is 7.47. The molecule has 23 heavy (non-hydrogen) atoms. The number of rotatable bonds is 4. The quantitative estimate of drug-likeness (QED) is 0.668. The number of hydrogen-bond acceptors (Lipinski definition) is 1. The van der Waals surface area contributed by atoms with Gasteiger partial charge in [0.25, 0.3) is 0 Å². The molecule has 0 heterocycles. The second kappa shape index (κ2) is 7.12. The molecule has 3 rings (SSSR count). The summed E-state index contributed by atoms with van der Waals surface area (Å²) in [6.45, 7) is -2.03. The molecule has 1 atom stereocenters. The molecule has 1 nitrogen and oxygen atoms in total. The van der Waals surface area contributed by atoms with Crippen LogP contribution in [0.3, 0.4) is 0 Å². The van der Waals surface area contributed by atoms with Gasteiger partial charge in [0, 0.05) is 22.2 Å². The molecule has 0 bridgehead atoms. The van der Waals surface area contributed by atoms with Gasteiger partial charge in [0.1, 0.15) is 0 Å². The average molecular weight is 338 g/mol. The van der Waals surface area contributed by atoms with Crippen molar-refractivity contribution in [1.82, 2.24) is 0 Å². The van der Waals surface area contributed by atoms with E-state index in [1.165, 1.54) is 15.9 Å². The predicted octanol–water partition coefficient (Wildman–Crippen LogP) is 3.12.